The maximum absolute atomic E-state index is 13.3. The first-order valence-electron chi connectivity index (χ1n) is 9.61. The molecule has 4 heteroatoms. The molecule has 0 aliphatic carbocycles. The van der Waals surface area contributed by atoms with Crippen molar-refractivity contribution in [1.29, 1.82) is 0 Å². The molecule has 0 amide bonds. The predicted octanol–water partition coefficient (Wildman–Crippen LogP) is 4.60. The molecule has 0 saturated carbocycles. The molecule has 0 unspecified atom stereocenters. The summed E-state index contributed by atoms with van der Waals surface area (Å²) in [6.45, 7) is 6.26. The van der Waals surface area contributed by atoms with Gasteiger partial charge in [-0.15, -0.1) is 0 Å². The first-order chi connectivity index (χ1) is 13.9. The van der Waals surface area contributed by atoms with Gasteiger partial charge in [-0.25, -0.2) is 4.98 Å². The summed E-state index contributed by atoms with van der Waals surface area (Å²) in [5.74, 6) is -0.250. The lowest BCUT2D eigenvalue weighted by atomic mass is 9.97. The van der Waals surface area contributed by atoms with Crippen LogP contribution >= 0.6 is 0 Å². The normalized spacial score (nSPS) is 11.0. The van der Waals surface area contributed by atoms with Gasteiger partial charge in [-0.3, -0.25) is 9.59 Å². The highest BCUT2D eigenvalue weighted by Crippen LogP contribution is 2.18. The second kappa shape index (κ2) is 7.47. The zero-order valence-electron chi connectivity index (χ0n) is 16.8. The number of carbonyl (C=O) groups excluding carboxylic acids is 1. The summed E-state index contributed by atoms with van der Waals surface area (Å²) >= 11 is 0. The van der Waals surface area contributed by atoms with E-state index in [9.17, 15) is 9.59 Å². The van der Waals surface area contributed by atoms with Gasteiger partial charge in [0.1, 0.15) is 5.65 Å². The van der Waals surface area contributed by atoms with Gasteiger partial charge in [-0.2, -0.15) is 0 Å². The van der Waals surface area contributed by atoms with Gasteiger partial charge in [0, 0.05) is 24.0 Å². The number of pyridine rings is 2. The predicted molar refractivity (Wildman–Crippen MR) is 116 cm³/mol. The van der Waals surface area contributed by atoms with Crippen molar-refractivity contribution in [1.82, 2.24) is 9.55 Å². The van der Waals surface area contributed by atoms with E-state index in [1.807, 2.05) is 79.9 Å². The Balaban J connectivity index is 1.94. The van der Waals surface area contributed by atoms with E-state index in [1.165, 1.54) is 0 Å². The molecule has 0 saturated heterocycles. The smallest absolute Gasteiger partial charge is 0.202 e. The second-order valence-electron chi connectivity index (χ2n) is 7.46. The first-order valence-corrected chi connectivity index (χ1v) is 9.61. The van der Waals surface area contributed by atoms with E-state index >= 15 is 0 Å². The Morgan fingerprint density at radius 3 is 2.45 bits per heavy atom. The summed E-state index contributed by atoms with van der Waals surface area (Å²) in [5, 5.41) is 0.461. The summed E-state index contributed by atoms with van der Waals surface area (Å²) in [6, 6.07) is 19.2. The van der Waals surface area contributed by atoms with Gasteiger partial charge in [0.2, 0.25) is 5.43 Å². The van der Waals surface area contributed by atoms with Crippen LogP contribution in [0.2, 0.25) is 0 Å². The molecule has 0 radical (unpaired) electrons. The summed E-state index contributed by atoms with van der Waals surface area (Å²) in [7, 11) is 0. The number of hydrogen-bond acceptors (Lipinski definition) is 3. The van der Waals surface area contributed by atoms with Crippen molar-refractivity contribution in [3.05, 3.63) is 111 Å². The molecule has 2 aromatic heterocycles. The highest BCUT2D eigenvalue weighted by molar-refractivity contribution is 6.10. The fraction of sp³-hybridized carbons (Fsp3) is 0.160. The molecule has 4 aromatic rings. The molecule has 0 aliphatic rings. The number of rotatable bonds is 4. The zero-order valence-corrected chi connectivity index (χ0v) is 16.8. The molecule has 0 atom stereocenters. The Bertz CT molecular complexity index is 1290. The molecule has 2 aromatic carbocycles. The fourth-order valence-electron chi connectivity index (χ4n) is 3.55. The molecule has 0 N–H and O–H groups in total. The Morgan fingerprint density at radius 2 is 1.69 bits per heavy atom. The number of hydrogen-bond donors (Lipinski definition) is 0. The quantitative estimate of drug-likeness (QED) is 0.485. The van der Waals surface area contributed by atoms with Crippen LogP contribution in [0.4, 0.5) is 0 Å². The summed E-state index contributed by atoms with van der Waals surface area (Å²) in [6.07, 6.45) is 1.66. The standard InChI is InChI=1S/C25H22N2O2/c1-16-9-10-17(2)21(13-16)24(29)22-15-27(14-19-7-5-4-6-8-19)25-20(23(22)28)12-11-18(3)26-25/h4-13,15H,14H2,1-3H3. The fourth-order valence-corrected chi connectivity index (χ4v) is 3.55. The second-order valence-corrected chi connectivity index (χ2v) is 7.46. The number of carbonyl (C=O) groups is 1. The van der Waals surface area contributed by atoms with Crippen LogP contribution in [0.5, 0.6) is 0 Å². The average molecular weight is 382 g/mol. The first kappa shape index (κ1) is 18.8. The minimum absolute atomic E-state index is 0.174. The van der Waals surface area contributed by atoms with Gasteiger partial charge >= 0.3 is 0 Å². The van der Waals surface area contributed by atoms with Crippen LogP contribution < -0.4 is 5.43 Å². The van der Waals surface area contributed by atoms with Crippen LogP contribution in [0.1, 0.15) is 38.3 Å². The summed E-state index contributed by atoms with van der Waals surface area (Å²) in [4.78, 5) is 31.1. The van der Waals surface area contributed by atoms with E-state index in [-0.39, 0.29) is 16.8 Å². The van der Waals surface area contributed by atoms with Crippen LogP contribution in [0.15, 0.2) is 71.7 Å². The molecular weight excluding hydrogens is 360 g/mol. The van der Waals surface area contributed by atoms with Crippen molar-refractivity contribution in [2.75, 3.05) is 0 Å². The number of benzene rings is 2. The number of aryl methyl sites for hydroxylation is 3. The van der Waals surface area contributed by atoms with Crippen LogP contribution in [0, 0.1) is 20.8 Å². The summed E-state index contributed by atoms with van der Waals surface area (Å²) < 4.78 is 1.90. The van der Waals surface area contributed by atoms with Gasteiger partial charge in [0.15, 0.2) is 5.78 Å². The van der Waals surface area contributed by atoms with E-state index in [4.69, 9.17) is 0 Å². The molecular formula is C25H22N2O2. The maximum Gasteiger partial charge on any atom is 0.202 e. The molecule has 0 bridgehead atoms. The van der Waals surface area contributed by atoms with Gasteiger partial charge in [0.05, 0.1) is 10.9 Å². The lowest BCUT2D eigenvalue weighted by Crippen LogP contribution is -2.21. The van der Waals surface area contributed by atoms with E-state index in [2.05, 4.69) is 4.98 Å². The Hall–Kier alpha value is -3.53. The van der Waals surface area contributed by atoms with E-state index in [0.717, 1.165) is 22.4 Å². The van der Waals surface area contributed by atoms with E-state index in [0.29, 0.717) is 23.1 Å². The summed E-state index contributed by atoms with van der Waals surface area (Å²) in [5.41, 5.74) is 4.80. The largest absolute Gasteiger partial charge is 0.327 e. The van der Waals surface area contributed by atoms with Crippen molar-refractivity contribution in [2.45, 2.75) is 27.3 Å². The Kier molecular flexibility index (Phi) is 4.85. The average Bonchev–Trinajstić information content (AvgIpc) is 2.72. The molecule has 0 spiro atoms. The van der Waals surface area contributed by atoms with Crippen molar-refractivity contribution >= 4 is 16.8 Å². The van der Waals surface area contributed by atoms with Gasteiger partial charge in [0.25, 0.3) is 0 Å². The molecule has 2 heterocycles. The van der Waals surface area contributed by atoms with E-state index < -0.39 is 0 Å². The maximum atomic E-state index is 13.3. The molecule has 0 fully saturated rings. The van der Waals surface area contributed by atoms with Gasteiger partial charge < -0.3 is 4.57 Å². The monoisotopic (exact) mass is 382 g/mol. The topological polar surface area (TPSA) is 52.0 Å². The molecule has 0 aliphatic heterocycles. The van der Waals surface area contributed by atoms with Crippen molar-refractivity contribution in [3.63, 3.8) is 0 Å². The molecule has 29 heavy (non-hydrogen) atoms. The van der Waals surface area contributed by atoms with Crippen molar-refractivity contribution in [2.24, 2.45) is 0 Å². The number of ketones is 1. The molecule has 4 rings (SSSR count). The van der Waals surface area contributed by atoms with Gasteiger partial charge in [-0.05, 0) is 50.1 Å². The van der Waals surface area contributed by atoms with Crippen LogP contribution in [0.3, 0.4) is 0 Å². The SMILES string of the molecule is Cc1ccc(C)c(C(=O)c2cn(Cc3ccccc3)c3nc(C)ccc3c2=O)c1. The highest BCUT2D eigenvalue weighted by Gasteiger charge is 2.19. The van der Waals surface area contributed by atoms with Crippen LogP contribution in [-0.2, 0) is 6.54 Å². The van der Waals surface area contributed by atoms with E-state index in [1.54, 1.807) is 12.3 Å². The van der Waals surface area contributed by atoms with Crippen molar-refractivity contribution < 1.29 is 4.79 Å². The Labute approximate surface area is 169 Å². The molecule has 144 valence electrons. The van der Waals surface area contributed by atoms with Crippen LogP contribution in [-0.4, -0.2) is 15.3 Å². The third-order valence-corrected chi connectivity index (χ3v) is 5.14. The minimum atomic E-state index is -0.275. The third-order valence-electron chi connectivity index (χ3n) is 5.14. The third kappa shape index (κ3) is 3.61. The lowest BCUT2D eigenvalue weighted by Gasteiger charge is -2.14. The van der Waals surface area contributed by atoms with Gasteiger partial charge in [-0.1, -0.05) is 48.0 Å². The van der Waals surface area contributed by atoms with Crippen LogP contribution in [0.25, 0.3) is 11.0 Å². The zero-order chi connectivity index (χ0) is 20.5. The lowest BCUT2D eigenvalue weighted by molar-refractivity contribution is 0.103. The number of aromatic nitrogens is 2. The van der Waals surface area contributed by atoms with Crippen molar-refractivity contribution in [3.8, 4) is 0 Å². The number of nitrogens with zero attached hydrogens (tertiary/aromatic N) is 2. The number of fused-ring (bicyclic) bond motifs is 1. The highest BCUT2D eigenvalue weighted by atomic mass is 16.1. The Morgan fingerprint density at radius 1 is 0.931 bits per heavy atom. The minimum Gasteiger partial charge on any atom is -0.327 e. The molecule has 4 nitrogen and oxygen atoms in total.